The van der Waals surface area contributed by atoms with E-state index in [0.717, 1.165) is 32.6 Å². The van der Waals surface area contributed by atoms with Gasteiger partial charge in [0.1, 0.15) is 0 Å². The van der Waals surface area contributed by atoms with Crippen molar-refractivity contribution in [1.82, 2.24) is 10.2 Å². The molecule has 0 aromatic carbocycles. The lowest BCUT2D eigenvalue weighted by atomic mass is 9.99. The fraction of sp³-hybridized carbons (Fsp3) is 0.923. The van der Waals surface area contributed by atoms with Crippen molar-refractivity contribution in [1.29, 1.82) is 0 Å². The molecule has 3 nitrogen and oxygen atoms in total. The predicted octanol–water partition coefficient (Wildman–Crippen LogP) is 1.63. The first kappa shape index (κ1) is 11.9. The molecule has 2 fully saturated rings. The van der Waals surface area contributed by atoms with E-state index in [-0.39, 0.29) is 0 Å². The van der Waals surface area contributed by atoms with Crippen molar-refractivity contribution in [3.8, 4) is 0 Å². The number of rotatable bonds is 5. The van der Waals surface area contributed by atoms with Gasteiger partial charge in [-0.2, -0.15) is 0 Å². The van der Waals surface area contributed by atoms with E-state index in [1.807, 2.05) is 0 Å². The predicted molar refractivity (Wildman–Crippen MR) is 65.2 cm³/mol. The molecule has 1 saturated heterocycles. The molecule has 1 unspecified atom stereocenters. The highest BCUT2D eigenvalue weighted by molar-refractivity contribution is 5.76. The largest absolute Gasteiger partial charge is 0.343 e. The summed E-state index contributed by atoms with van der Waals surface area (Å²) >= 11 is 0. The van der Waals surface area contributed by atoms with Gasteiger partial charge in [-0.25, -0.2) is 0 Å². The van der Waals surface area contributed by atoms with Crippen LogP contribution in [-0.2, 0) is 4.79 Å². The van der Waals surface area contributed by atoms with Crippen LogP contribution in [0.15, 0.2) is 0 Å². The van der Waals surface area contributed by atoms with E-state index < -0.39 is 0 Å². The van der Waals surface area contributed by atoms with Crippen molar-refractivity contribution < 1.29 is 4.79 Å². The number of carbonyl (C=O) groups is 1. The Kier molecular flexibility index (Phi) is 4.22. The molecule has 0 bridgehead atoms. The highest BCUT2D eigenvalue weighted by Crippen LogP contribution is 2.33. The van der Waals surface area contributed by atoms with Crippen molar-refractivity contribution in [2.24, 2.45) is 11.8 Å². The van der Waals surface area contributed by atoms with Gasteiger partial charge in [0.15, 0.2) is 0 Å². The van der Waals surface area contributed by atoms with Gasteiger partial charge in [0.25, 0.3) is 0 Å². The lowest BCUT2D eigenvalue weighted by molar-refractivity contribution is -0.132. The lowest BCUT2D eigenvalue weighted by Gasteiger charge is -2.29. The summed E-state index contributed by atoms with van der Waals surface area (Å²) in [4.78, 5) is 14.1. The Morgan fingerprint density at radius 1 is 1.31 bits per heavy atom. The minimum absolute atomic E-state index is 0.385. The summed E-state index contributed by atoms with van der Waals surface area (Å²) in [6, 6.07) is 0. The van der Waals surface area contributed by atoms with Crippen LogP contribution in [-0.4, -0.2) is 37.0 Å². The van der Waals surface area contributed by atoms with Gasteiger partial charge in [-0.15, -0.1) is 0 Å². The SMILES string of the molecule is CCN(CC1CCCNC1)C(=O)CC1CC1. The second kappa shape index (κ2) is 5.67. The van der Waals surface area contributed by atoms with Crippen molar-refractivity contribution in [3.05, 3.63) is 0 Å². The second-order valence-electron chi connectivity index (χ2n) is 5.29. The van der Waals surface area contributed by atoms with E-state index in [1.165, 1.54) is 25.7 Å². The Morgan fingerprint density at radius 3 is 2.69 bits per heavy atom. The van der Waals surface area contributed by atoms with Crippen LogP contribution in [0.4, 0.5) is 0 Å². The van der Waals surface area contributed by atoms with Crippen molar-refractivity contribution in [2.75, 3.05) is 26.2 Å². The number of nitrogens with zero attached hydrogens (tertiary/aromatic N) is 1. The third kappa shape index (κ3) is 3.48. The fourth-order valence-electron chi connectivity index (χ4n) is 2.50. The van der Waals surface area contributed by atoms with Gasteiger partial charge in [0.05, 0.1) is 0 Å². The van der Waals surface area contributed by atoms with E-state index >= 15 is 0 Å². The summed E-state index contributed by atoms with van der Waals surface area (Å²) in [5.41, 5.74) is 0. The van der Waals surface area contributed by atoms with Crippen LogP contribution in [0.2, 0.25) is 0 Å². The maximum absolute atomic E-state index is 12.0. The summed E-state index contributed by atoms with van der Waals surface area (Å²) in [6.07, 6.45) is 5.88. The Balaban J connectivity index is 1.76. The van der Waals surface area contributed by atoms with Crippen molar-refractivity contribution in [3.63, 3.8) is 0 Å². The topological polar surface area (TPSA) is 32.3 Å². The van der Waals surface area contributed by atoms with Crippen LogP contribution in [0, 0.1) is 11.8 Å². The zero-order chi connectivity index (χ0) is 11.4. The maximum atomic E-state index is 12.0. The molecular weight excluding hydrogens is 200 g/mol. The van der Waals surface area contributed by atoms with E-state index in [1.54, 1.807) is 0 Å². The number of hydrogen-bond acceptors (Lipinski definition) is 2. The molecule has 1 heterocycles. The molecule has 1 aliphatic carbocycles. The quantitative estimate of drug-likeness (QED) is 0.770. The van der Waals surface area contributed by atoms with Gasteiger partial charge in [-0.1, -0.05) is 0 Å². The van der Waals surface area contributed by atoms with Crippen molar-refractivity contribution in [2.45, 2.75) is 39.0 Å². The minimum Gasteiger partial charge on any atom is -0.343 e. The van der Waals surface area contributed by atoms with E-state index in [0.29, 0.717) is 17.7 Å². The molecule has 0 aromatic rings. The number of piperidine rings is 1. The van der Waals surface area contributed by atoms with Gasteiger partial charge in [0.2, 0.25) is 5.91 Å². The van der Waals surface area contributed by atoms with Crippen LogP contribution >= 0.6 is 0 Å². The van der Waals surface area contributed by atoms with Crippen molar-refractivity contribution >= 4 is 5.91 Å². The highest BCUT2D eigenvalue weighted by Gasteiger charge is 2.27. The maximum Gasteiger partial charge on any atom is 0.222 e. The first-order valence-corrected chi connectivity index (χ1v) is 6.78. The van der Waals surface area contributed by atoms with Gasteiger partial charge < -0.3 is 10.2 Å². The third-order valence-corrected chi connectivity index (χ3v) is 3.77. The molecule has 3 heteroatoms. The smallest absolute Gasteiger partial charge is 0.222 e. The molecule has 0 spiro atoms. The molecule has 1 amide bonds. The summed E-state index contributed by atoms with van der Waals surface area (Å²) in [5.74, 6) is 1.78. The summed E-state index contributed by atoms with van der Waals surface area (Å²) in [7, 11) is 0. The zero-order valence-corrected chi connectivity index (χ0v) is 10.4. The highest BCUT2D eigenvalue weighted by atomic mass is 16.2. The normalized spacial score (nSPS) is 25.4. The Bertz CT molecular complexity index is 232. The molecule has 1 atom stereocenters. The standard InChI is InChI=1S/C13H24N2O/c1-2-15(13(16)8-11-5-6-11)10-12-4-3-7-14-9-12/h11-12,14H,2-10H2,1H3. The molecule has 92 valence electrons. The fourth-order valence-corrected chi connectivity index (χ4v) is 2.50. The molecule has 1 saturated carbocycles. The lowest BCUT2D eigenvalue weighted by Crippen LogP contribution is -2.41. The van der Waals surface area contributed by atoms with E-state index in [4.69, 9.17) is 0 Å². The molecule has 2 aliphatic rings. The minimum atomic E-state index is 0.385. The average molecular weight is 224 g/mol. The van der Waals surface area contributed by atoms with Crippen LogP contribution in [0.3, 0.4) is 0 Å². The first-order chi connectivity index (χ1) is 7.79. The molecule has 16 heavy (non-hydrogen) atoms. The summed E-state index contributed by atoms with van der Waals surface area (Å²) < 4.78 is 0. The van der Waals surface area contributed by atoms with Gasteiger partial charge >= 0.3 is 0 Å². The zero-order valence-electron chi connectivity index (χ0n) is 10.4. The van der Waals surface area contributed by atoms with Crippen LogP contribution < -0.4 is 5.32 Å². The molecule has 1 N–H and O–H groups in total. The first-order valence-electron chi connectivity index (χ1n) is 6.78. The van der Waals surface area contributed by atoms with Gasteiger partial charge in [0, 0.05) is 19.5 Å². The van der Waals surface area contributed by atoms with Crippen LogP contribution in [0.1, 0.15) is 39.0 Å². The third-order valence-electron chi connectivity index (χ3n) is 3.77. The molecular formula is C13H24N2O. The van der Waals surface area contributed by atoms with Crippen LogP contribution in [0.5, 0.6) is 0 Å². The monoisotopic (exact) mass is 224 g/mol. The molecule has 0 aromatic heterocycles. The van der Waals surface area contributed by atoms with E-state index in [9.17, 15) is 4.79 Å². The number of hydrogen-bond donors (Lipinski definition) is 1. The van der Waals surface area contributed by atoms with Crippen LogP contribution in [0.25, 0.3) is 0 Å². The number of amides is 1. The summed E-state index contributed by atoms with van der Waals surface area (Å²) in [6.45, 7) is 6.18. The second-order valence-corrected chi connectivity index (χ2v) is 5.29. The van der Waals surface area contributed by atoms with E-state index in [2.05, 4.69) is 17.1 Å². The Labute approximate surface area is 98.6 Å². The molecule has 2 rings (SSSR count). The Hall–Kier alpha value is -0.570. The van der Waals surface area contributed by atoms with Gasteiger partial charge in [-0.05, 0) is 57.5 Å². The summed E-state index contributed by atoms with van der Waals surface area (Å²) in [5, 5.41) is 3.42. The number of nitrogens with one attached hydrogen (secondary N) is 1. The Morgan fingerprint density at radius 2 is 2.12 bits per heavy atom. The molecule has 1 aliphatic heterocycles. The van der Waals surface area contributed by atoms with Gasteiger partial charge in [-0.3, -0.25) is 4.79 Å². The average Bonchev–Trinajstić information content (AvgIpc) is 3.11. The number of carbonyl (C=O) groups excluding carboxylic acids is 1. The molecule has 0 radical (unpaired) electrons.